The largest absolute Gasteiger partial charge is 0.481 e. The highest BCUT2D eigenvalue weighted by Gasteiger charge is 2.03. The average Bonchev–Trinajstić information content (AvgIpc) is 2.63. The second kappa shape index (κ2) is 6.63. The van der Waals surface area contributed by atoms with Crippen LogP contribution in [0.3, 0.4) is 0 Å². The molecule has 1 N–H and O–H groups in total. The Bertz CT molecular complexity index is 206. The minimum atomic E-state index is -0.663. The fourth-order valence-corrected chi connectivity index (χ4v) is 1.95. The Morgan fingerprint density at radius 2 is 2.07 bits per heavy atom. The maximum absolute atomic E-state index is 10.2. The van der Waals surface area contributed by atoms with Crippen molar-refractivity contribution in [2.24, 2.45) is 0 Å². The van der Waals surface area contributed by atoms with Gasteiger partial charge < -0.3 is 5.11 Å². The van der Waals surface area contributed by atoms with Crippen molar-refractivity contribution in [1.29, 1.82) is 0 Å². The molecule has 1 rings (SSSR count). The number of carboxylic acids is 1. The Labute approximate surface area is 86.0 Å². The first kappa shape index (κ1) is 11.3. The van der Waals surface area contributed by atoms with Crippen LogP contribution in [0.4, 0.5) is 0 Å². The van der Waals surface area contributed by atoms with Crippen molar-refractivity contribution >= 4 is 5.97 Å². The van der Waals surface area contributed by atoms with Gasteiger partial charge in [-0.25, -0.2) is 0 Å². The Hall–Kier alpha value is -0.790. The summed E-state index contributed by atoms with van der Waals surface area (Å²) in [6, 6.07) is 0. The van der Waals surface area contributed by atoms with Crippen molar-refractivity contribution in [3.05, 3.63) is 11.6 Å². The maximum atomic E-state index is 10.2. The van der Waals surface area contributed by atoms with Crippen LogP contribution in [0, 0.1) is 0 Å². The van der Waals surface area contributed by atoms with E-state index in [0.717, 1.165) is 12.8 Å². The molecule has 0 aromatic carbocycles. The van der Waals surface area contributed by atoms with E-state index in [2.05, 4.69) is 6.08 Å². The minimum absolute atomic E-state index is 0.336. The molecule has 0 saturated carbocycles. The number of hydrogen-bond acceptors (Lipinski definition) is 1. The van der Waals surface area contributed by atoms with Gasteiger partial charge in [-0.05, 0) is 38.5 Å². The van der Waals surface area contributed by atoms with E-state index in [9.17, 15) is 4.79 Å². The molecule has 1 aliphatic carbocycles. The molecule has 14 heavy (non-hydrogen) atoms. The number of rotatable bonds is 7. The van der Waals surface area contributed by atoms with Crippen molar-refractivity contribution in [2.75, 3.05) is 0 Å². The summed E-state index contributed by atoms with van der Waals surface area (Å²) in [6.45, 7) is 0. The first-order chi connectivity index (χ1) is 6.79. The lowest BCUT2D eigenvalue weighted by Gasteiger charge is -2.01. The fraction of sp³-hybridized carbons (Fsp3) is 0.750. The molecule has 0 spiro atoms. The van der Waals surface area contributed by atoms with E-state index in [1.165, 1.54) is 38.5 Å². The molecule has 0 aromatic heterocycles. The number of hydrogen-bond donors (Lipinski definition) is 1. The van der Waals surface area contributed by atoms with Gasteiger partial charge in [-0.3, -0.25) is 4.79 Å². The number of carboxylic acid groups (broad SMARTS) is 1. The van der Waals surface area contributed by atoms with Crippen LogP contribution in [0.15, 0.2) is 11.6 Å². The van der Waals surface area contributed by atoms with E-state index >= 15 is 0 Å². The van der Waals surface area contributed by atoms with E-state index in [1.807, 2.05) is 0 Å². The third kappa shape index (κ3) is 5.05. The molecular formula is C12H20O2. The van der Waals surface area contributed by atoms with Crippen molar-refractivity contribution in [3.8, 4) is 0 Å². The third-order valence-electron chi connectivity index (χ3n) is 2.77. The van der Waals surface area contributed by atoms with Gasteiger partial charge >= 0.3 is 5.97 Å². The first-order valence-electron chi connectivity index (χ1n) is 5.69. The summed E-state index contributed by atoms with van der Waals surface area (Å²) in [6.07, 6.45) is 12.2. The van der Waals surface area contributed by atoms with Gasteiger partial charge in [0.2, 0.25) is 0 Å². The van der Waals surface area contributed by atoms with Crippen LogP contribution in [0.1, 0.15) is 57.8 Å². The molecule has 0 aliphatic heterocycles. The van der Waals surface area contributed by atoms with Crippen LogP contribution in [0.2, 0.25) is 0 Å². The van der Waals surface area contributed by atoms with Gasteiger partial charge in [0.05, 0.1) is 0 Å². The summed E-state index contributed by atoms with van der Waals surface area (Å²) in [5.74, 6) is -0.663. The summed E-state index contributed by atoms with van der Waals surface area (Å²) in [5.41, 5.74) is 1.63. The lowest BCUT2D eigenvalue weighted by atomic mass is 10.1. The second-order valence-electron chi connectivity index (χ2n) is 4.06. The highest BCUT2D eigenvalue weighted by molar-refractivity contribution is 5.66. The molecule has 0 bridgehead atoms. The van der Waals surface area contributed by atoms with Gasteiger partial charge in [0.25, 0.3) is 0 Å². The van der Waals surface area contributed by atoms with Gasteiger partial charge in [-0.2, -0.15) is 0 Å². The second-order valence-corrected chi connectivity index (χ2v) is 4.06. The zero-order valence-electron chi connectivity index (χ0n) is 8.80. The van der Waals surface area contributed by atoms with Gasteiger partial charge in [-0.1, -0.05) is 24.5 Å². The zero-order chi connectivity index (χ0) is 10.2. The van der Waals surface area contributed by atoms with Gasteiger partial charge in [0, 0.05) is 6.42 Å². The van der Waals surface area contributed by atoms with E-state index in [4.69, 9.17) is 5.11 Å². The number of unbranched alkanes of at least 4 members (excludes halogenated alkanes) is 3. The first-order valence-corrected chi connectivity index (χ1v) is 5.69. The molecule has 0 unspecified atom stereocenters. The standard InChI is InChI=1S/C12H20O2/c13-12(14)10-4-2-1-3-7-11-8-5-6-9-11/h8H,1-7,9-10H2,(H,13,14). The smallest absolute Gasteiger partial charge is 0.303 e. The maximum Gasteiger partial charge on any atom is 0.303 e. The van der Waals surface area contributed by atoms with E-state index in [1.54, 1.807) is 5.57 Å². The SMILES string of the molecule is O=C(O)CCCCCCC1=CCCC1. The van der Waals surface area contributed by atoms with Gasteiger partial charge in [0.15, 0.2) is 0 Å². The van der Waals surface area contributed by atoms with E-state index in [0.29, 0.717) is 6.42 Å². The summed E-state index contributed by atoms with van der Waals surface area (Å²) in [7, 11) is 0. The fourth-order valence-electron chi connectivity index (χ4n) is 1.95. The van der Waals surface area contributed by atoms with Crippen LogP contribution >= 0.6 is 0 Å². The van der Waals surface area contributed by atoms with Crippen LogP contribution in [0.25, 0.3) is 0 Å². The van der Waals surface area contributed by atoms with Crippen LogP contribution in [-0.4, -0.2) is 11.1 Å². The summed E-state index contributed by atoms with van der Waals surface area (Å²) in [5, 5.41) is 8.43. The minimum Gasteiger partial charge on any atom is -0.481 e. The normalized spacial score (nSPS) is 15.6. The molecule has 0 amide bonds. The molecule has 0 radical (unpaired) electrons. The van der Waals surface area contributed by atoms with E-state index < -0.39 is 5.97 Å². The predicted molar refractivity (Wildman–Crippen MR) is 57.3 cm³/mol. The molecule has 0 fully saturated rings. The number of aliphatic carboxylic acids is 1. The zero-order valence-corrected chi connectivity index (χ0v) is 8.80. The predicted octanol–water partition coefficient (Wildman–Crippen LogP) is 3.52. The molecule has 1 aliphatic rings. The topological polar surface area (TPSA) is 37.3 Å². The molecular weight excluding hydrogens is 176 g/mol. The highest BCUT2D eigenvalue weighted by Crippen LogP contribution is 2.22. The van der Waals surface area contributed by atoms with Crippen LogP contribution in [0.5, 0.6) is 0 Å². The Morgan fingerprint density at radius 3 is 2.71 bits per heavy atom. The average molecular weight is 196 g/mol. The van der Waals surface area contributed by atoms with Gasteiger partial charge in [-0.15, -0.1) is 0 Å². The Kier molecular flexibility index (Phi) is 5.35. The molecule has 2 heteroatoms. The van der Waals surface area contributed by atoms with Crippen LogP contribution < -0.4 is 0 Å². The summed E-state index contributed by atoms with van der Waals surface area (Å²) < 4.78 is 0. The number of allylic oxidation sites excluding steroid dienone is 2. The monoisotopic (exact) mass is 196 g/mol. The molecule has 2 nitrogen and oxygen atoms in total. The van der Waals surface area contributed by atoms with E-state index in [-0.39, 0.29) is 0 Å². The van der Waals surface area contributed by atoms with Crippen molar-refractivity contribution in [1.82, 2.24) is 0 Å². The summed E-state index contributed by atoms with van der Waals surface area (Å²) in [4.78, 5) is 10.2. The quantitative estimate of drug-likeness (QED) is 0.499. The molecule has 0 saturated heterocycles. The summed E-state index contributed by atoms with van der Waals surface area (Å²) >= 11 is 0. The molecule has 0 heterocycles. The highest BCUT2D eigenvalue weighted by atomic mass is 16.4. The molecule has 0 atom stereocenters. The Balaban J connectivity index is 1.86. The van der Waals surface area contributed by atoms with Crippen molar-refractivity contribution in [3.63, 3.8) is 0 Å². The molecule has 0 aromatic rings. The molecule has 80 valence electrons. The van der Waals surface area contributed by atoms with Crippen molar-refractivity contribution in [2.45, 2.75) is 57.8 Å². The van der Waals surface area contributed by atoms with Gasteiger partial charge in [0.1, 0.15) is 0 Å². The lowest BCUT2D eigenvalue weighted by molar-refractivity contribution is -0.137. The van der Waals surface area contributed by atoms with Crippen LogP contribution in [-0.2, 0) is 4.79 Å². The lowest BCUT2D eigenvalue weighted by Crippen LogP contribution is -1.93. The Morgan fingerprint density at radius 1 is 1.29 bits per heavy atom. The van der Waals surface area contributed by atoms with Crippen molar-refractivity contribution < 1.29 is 9.90 Å². The number of carbonyl (C=O) groups is 1. The third-order valence-corrected chi connectivity index (χ3v) is 2.77.